The van der Waals surface area contributed by atoms with E-state index >= 15 is 0 Å². The predicted octanol–water partition coefficient (Wildman–Crippen LogP) is 2.64. The molecular weight excluding hydrogens is 509 g/mol. The van der Waals surface area contributed by atoms with Crippen molar-refractivity contribution in [3.05, 3.63) is 23.8 Å². The van der Waals surface area contributed by atoms with E-state index in [9.17, 15) is 13.9 Å². The topological polar surface area (TPSA) is 78.4 Å². The first-order valence-corrected chi connectivity index (χ1v) is 9.92. The van der Waals surface area contributed by atoms with Gasteiger partial charge in [0.1, 0.15) is 17.6 Å². The molecule has 10 heteroatoms. The van der Waals surface area contributed by atoms with Crippen LogP contribution >= 0.6 is 24.0 Å². The number of likely N-dealkylation sites (tertiary alicyclic amines) is 1. The van der Waals surface area contributed by atoms with E-state index < -0.39 is 12.5 Å². The zero-order valence-electron chi connectivity index (χ0n) is 17.7. The molecule has 1 atom stereocenters. The molecule has 3 N–H and O–H groups in total. The molecule has 172 valence electrons. The summed E-state index contributed by atoms with van der Waals surface area (Å²) < 4.78 is 35.6. The normalized spacial score (nSPS) is 16.7. The Morgan fingerprint density at radius 1 is 1.27 bits per heavy atom. The lowest BCUT2D eigenvalue weighted by molar-refractivity contribution is 0.0744. The maximum atomic E-state index is 12.5. The molecule has 1 aliphatic rings. The smallest absolute Gasteiger partial charge is 0.251 e. The van der Waals surface area contributed by atoms with E-state index in [1.165, 1.54) is 0 Å². The summed E-state index contributed by atoms with van der Waals surface area (Å²) in [6, 6.07) is 5.41. The number of nitrogens with one attached hydrogen (secondary N) is 2. The highest BCUT2D eigenvalue weighted by Gasteiger charge is 2.22. The third-order valence-corrected chi connectivity index (χ3v) is 4.89. The SMILES string of the molecule is CCNC(=NCC(O)c1cc(OC)ccc1OC)NC1CCN(CC(F)F)CC1.I. The van der Waals surface area contributed by atoms with Gasteiger partial charge in [0.2, 0.25) is 0 Å². The number of benzene rings is 1. The van der Waals surface area contributed by atoms with Crippen molar-refractivity contribution in [3.8, 4) is 11.5 Å². The zero-order valence-corrected chi connectivity index (χ0v) is 20.1. The summed E-state index contributed by atoms with van der Waals surface area (Å²) in [5.74, 6) is 1.79. The molecule has 0 bridgehead atoms. The molecule has 1 unspecified atom stereocenters. The third-order valence-electron chi connectivity index (χ3n) is 4.89. The van der Waals surface area contributed by atoms with E-state index in [1.54, 1.807) is 37.3 Å². The Labute approximate surface area is 194 Å². The van der Waals surface area contributed by atoms with Crippen LogP contribution in [0.2, 0.25) is 0 Å². The summed E-state index contributed by atoms with van der Waals surface area (Å²) in [6.45, 7) is 3.87. The zero-order chi connectivity index (χ0) is 21.2. The van der Waals surface area contributed by atoms with Gasteiger partial charge >= 0.3 is 0 Å². The Bertz CT molecular complexity index is 659. The van der Waals surface area contributed by atoms with Gasteiger partial charge in [0, 0.05) is 31.2 Å². The molecule has 1 saturated heterocycles. The molecule has 0 aromatic heterocycles. The van der Waals surface area contributed by atoms with Crippen LogP contribution in [-0.2, 0) is 0 Å². The van der Waals surface area contributed by atoms with Crippen LogP contribution < -0.4 is 20.1 Å². The van der Waals surface area contributed by atoms with Crippen LogP contribution in [0.3, 0.4) is 0 Å². The fourth-order valence-electron chi connectivity index (χ4n) is 3.34. The number of ether oxygens (including phenoxy) is 2. The van der Waals surface area contributed by atoms with Crippen molar-refractivity contribution in [3.63, 3.8) is 0 Å². The number of methoxy groups -OCH3 is 2. The molecule has 2 rings (SSSR count). The second-order valence-electron chi connectivity index (χ2n) is 6.95. The number of alkyl halides is 2. The highest BCUT2D eigenvalue weighted by Crippen LogP contribution is 2.29. The Morgan fingerprint density at radius 2 is 1.97 bits per heavy atom. The molecule has 1 aromatic carbocycles. The predicted molar refractivity (Wildman–Crippen MR) is 125 cm³/mol. The summed E-state index contributed by atoms with van der Waals surface area (Å²) >= 11 is 0. The Kier molecular flexibility index (Phi) is 12.3. The van der Waals surface area contributed by atoms with Gasteiger partial charge in [0.15, 0.2) is 5.96 Å². The first-order valence-electron chi connectivity index (χ1n) is 9.92. The number of guanidine groups is 1. The van der Waals surface area contributed by atoms with Crippen LogP contribution in [0.15, 0.2) is 23.2 Å². The van der Waals surface area contributed by atoms with Gasteiger partial charge in [-0.15, -0.1) is 24.0 Å². The minimum absolute atomic E-state index is 0. The van der Waals surface area contributed by atoms with E-state index in [4.69, 9.17) is 9.47 Å². The second-order valence-corrected chi connectivity index (χ2v) is 6.95. The summed E-state index contributed by atoms with van der Waals surface area (Å²) in [5.41, 5.74) is 0.603. The van der Waals surface area contributed by atoms with Crippen molar-refractivity contribution >= 4 is 29.9 Å². The fraction of sp³-hybridized carbons (Fsp3) is 0.650. The van der Waals surface area contributed by atoms with Crippen molar-refractivity contribution in [1.82, 2.24) is 15.5 Å². The molecule has 1 fully saturated rings. The number of aliphatic imine (C=N–C) groups is 1. The van der Waals surface area contributed by atoms with Gasteiger partial charge in [0.25, 0.3) is 6.43 Å². The minimum atomic E-state index is -2.30. The van der Waals surface area contributed by atoms with E-state index in [2.05, 4.69) is 15.6 Å². The number of aliphatic hydroxyl groups is 1. The summed E-state index contributed by atoms with van der Waals surface area (Å²) in [4.78, 5) is 6.28. The fourth-order valence-corrected chi connectivity index (χ4v) is 3.34. The highest BCUT2D eigenvalue weighted by molar-refractivity contribution is 14.0. The number of piperidine rings is 1. The molecule has 0 amide bonds. The average Bonchev–Trinajstić information content (AvgIpc) is 2.72. The average molecular weight is 542 g/mol. The maximum absolute atomic E-state index is 12.5. The molecule has 1 aliphatic heterocycles. The van der Waals surface area contributed by atoms with Crippen molar-refractivity contribution in [2.75, 3.05) is 46.9 Å². The van der Waals surface area contributed by atoms with Crippen molar-refractivity contribution in [1.29, 1.82) is 0 Å². The van der Waals surface area contributed by atoms with E-state index in [1.807, 2.05) is 6.92 Å². The largest absolute Gasteiger partial charge is 0.497 e. The van der Waals surface area contributed by atoms with Gasteiger partial charge in [-0.3, -0.25) is 9.89 Å². The minimum Gasteiger partial charge on any atom is -0.497 e. The van der Waals surface area contributed by atoms with Crippen LogP contribution in [0.4, 0.5) is 8.78 Å². The lowest BCUT2D eigenvalue weighted by Crippen LogP contribution is -2.49. The van der Waals surface area contributed by atoms with Crippen molar-refractivity contribution < 1.29 is 23.4 Å². The van der Waals surface area contributed by atoms with Gasteiger partial charge in [-0.05, 0) is 38.0 Å². The van der Waals surface area contributed by atoms with Gasteiger partial charge in [-0.25, -0.2) is 8.78 Å². The van der Waals surface area contributed by atoms with Gasteiger partial charge in [-0.2, -0.15) is 0 Å². The standard InChI is InChI=1S/C20H32F2N4O3.HI/c1-4-23-20(25-14-7-9-26(10-8-14)13-19(21)22)24-12-17(27)16-11-15(28-2)5-6-18(16)29-3;/h5-6,11,14,17,19,27H,4,7-10,12-13H2,1-3H3,(H2,23,24,25);1H. The third kappa shape index (κ3) is 8.38. The van der Waals surface area contributed by atoms with Gasteiger partial charge < -0.3 is 25.2 Å². The number of rotatable bonds is 9. The molecule has 1 aromatic rings. The quantitative estimate of drug-likeness (QED) is 0.253. The Morgan fingerprint density at radius 3 is 2.53 bits per heavy atom. The molecule has 7 nitrogen and oxygen atoms in total. The van der Waals surface area contributed by atoms with Gasteiger partial charge in [-0.1, -0.05) is 0 Å². The van der Waals surface area contributed by atoms with E-state index in [0.717, 1.165) is 12.8 Å². The van der Waals surface area contributed by atoms with E-state index in [-0.39, 0.29) is 43.1 Å². The van der Waals surface area contributed by atoms with Crippen molar-refractivity contribution in [2.45, 2.75) is 38.3 Å². The first kappa shape index (κ1) is 26.6. The highest BCUT2D eigenvalue weighted by atomic mass is 127. The number of hydrogen-bond donors (Lipinski definition) is 3. The number of hydrogen-bond acceptors (Lipinski definition) is 5. The Balaban J connectivity index is 0.00000450. The lowest BCUT2D eigenvalue weighted by atomic mass is 10.1. The molecule has 0 saturated carbocycles. The molecular formula is C20H33F2IN4O3. The number of aliphatic hydroxyl groups excluding tert-OH is 1. The van der Waals surface area contributed by atoms with Gasteiger partial charge in [0.05, 0.1) is 27.3 Å². The van der Waals surface area contributed by atoms with Crippen LogP contribution in [0.25, 0.3) is 0 Å². The lowest BCUT2D eigenvalue weighted by Gasteiger charge is -2.32. The second kappa shape index (κ2) is 13.8. The first-order chi connectivity index (χ1) is 14.0. The monoisotopic (exact) mass is 542 g/mol. The molecule has 0 spiro atoms. The molecule has 30 heavy (non-hydrogen) atoms. The molecule has 0 aliphatic carbocycles. The molecule has 1 heterocycles. The van der Waals surface area contributed by atoms with Crippen LogP contribution in [-0.4, -0.2) is 75.4 Å². The summed E-state index contributed by atoms with van der Waals surface area (Å²) in [6.07, 6.45) is -1.62. The maximum Gasteiger partial charge on any atom is 0.251 e. The van der Waals surface area contributed by atoms with Crippen LogP contribution in [0, 0.1) is 0 Å². The number of halogens is 3. The van der Waals surface area contributed by atoms with E-state index in [0.29, 0.717) is 42.7 Å². The number of nitrogens with zero attached hydrogens (tertiary/aromatic N) is 2. The van der Waals surface area contributed by atoms with Crippen LogP contribution in [0.1, 0.15) is 31.4 Å². The van der Waals surface area contributed by atoms with Crippen molar-refractivity contribution in [2.24, 2.45) is 4.99 Å². The molecule has 0 radical (unpaired) electrons. The van der Waals surface area contributed by atoms with Crippen LogP contribution in [0.5, 0.6) is 11.5 Å². The summed E-state index contributed by atoms with van der Waals surface area (Å²) in [5, 5.41) is 17.1. The summed E-state index contributed by atoms with van der Waals surface area (Å²) in [7, 11) is 3.11. The Hall–Kier alpha value is -1.40.